The molecule has 0 heterocycles. The number of hydrogen-bond acceptors (Lipinski definition) is 2. The quantitative estimate of drug-likeness (QED) is 0.425. The number of halogens is 3. The Morgan fingerprint density at radius 1 is 1.00 bits per heavy atom. The first-order chi connectivity index (χ1) is 13.9. The highest BCUT2D eigenvalue weighted by molar-refractivity contribution is 6.42. The number of aryl methyl sites for hydroxylation is 1. The fraction of sp³-hybridized carbons (Fsp3) is 0.417. The number of ketones is 2. The van der Waals surface area contributed by atoms with E-state index in [1.165, 1.54) is 0 Å². The maximum Gasteiger partial charge on any atom is 0.151 e. The van der Waals surface area contributed by atoms with Gasteiger partial charge in [0.25, 0.3) is 0 Å². The van der Waals surface area contributed by atoms with Crippen LogP contribution in [0.1, 0.15) is 43.2 Å². The molecule has 0 saturated heterocycles. The van der Waals surface area contributed by atoms with Crippen LogP contribution in [0.25, 0.3) is 11.1 Å². The van der Waals surface area contributed by atoms with Gasteiger partial charge in [-0.1, -0.05) is 42.3 Å². The summed E-state index contributed by atoms with van der Waals surface area (Å²) >= 11 is 11.9. The van der Waals surface area contributed by atoms with E-state index in [1.54, 1.807) is 12.1 Å². The van der Waals surface area contributed by atoms with E-state index in [1.807, 2.05) is 25.1 Å². The molecule has 0 spiro atoms. The van der Waals surface area contributed by atoms with Crippen LogP contribution in [0.2, 0.25) is 10.0 Å². The van der Waals surface area contributed by atoms with Crippen molar-refractivity contribution in [3.63, 3.8) is 0 Å². The number of benzene rings is 2. The van der Waals surface area contributed by atoms with Crippen molar-refractivity contribution in [3.8, 4) is 11.1 Å². The number of carbonyl (C=O) groups excluding carboxylic acids is 2. The van der Waals surface area contributed by atoms with E-state index < -0.39 is 11.7 Å². The number of Topliss-reactive ketones (excluding diaryl/α,β-unsaturated/α-hetero) is 2. The molecule has 5 atom stereocenters. The first-order valence-electron chi connectivity index (χ1n) is 10.3. The Morgan fingerprint density at radius 3 is 2.28 bits per heavy atom. The first-order valence-corrected chi connectivity index (χ1v) is 11.0. The average molecular weight is 431 g/mol. The summed E-state index contributed by atoms with van der Waals surface area (Å²) in [6.07, 6.45) is 3.85. The van der Waals surface area contributed by atoms with Crippen molar-refractivity contribution in [2.24, 2.45) is 23.7 Å². The molecule has 1 unspecified atom stereocenters. The molecular weight excluding hydrogens is 410 g/mol. The minimum atomic E-state index is -0.714. The second kappa shape index (κ2) is 6.92. The van der Waals surface area contributed by atoms with Gasteiger partial charge in [0.15, 0.2) is 17.4 Å². The predicted octanol–water partition coefficient (Wildman–Crippen LogP) is 6.26. The molecule has 3 fully saturated rings. The molecule has 150 valence electrons. The lowest BCUT2D eigenvalue weighted by molar-refractivity contribution is -0.125. The minimum absolute atomic E-state index is 0.0775. The van der Waals surface area contributed by atoms with Crippen LogP contribution in [0.15, 0.2) is 30.3 Å². The summed E-state index contributed by atoms with van der Waals surface area (Å²) in [7, 11) is 0. The smallest absolute Gasteiger partial charge is 0.151 e. The van der Waals surface area contributed by atoms with Crippen LogP contribution >= 0.6 is 23.2 Å². The van der Waals surface area contributed by atoms with Gasteiger partial charge in [-0.05, 0) is 72.4 Å². The molecule has 5 rings (SSSR count). The molecule has 3 aliphatic rings. The normalized spacial score (nSPS) is 30.3. The number of fused-ring (bicyclic) bond motifs is 5. The van der Waals surface area contributed by atoms with Crippen LogP contribution in [-0.2, 0) is 16.0 Å². The Morgan fingerprint density at radius 2 is 1.66 bits per heavy atom. The zero-order valence-corrected chi connectivity index (χ0v) is 17.6. The van der Waals surface area contributed by atoms with E-state index in [-0.39, 0.29) is 33.4 Å². The van der Waals surface area contributed by atoms with Gasteiger partial charge < -0.3 is 0 Å². The van der Waals surface area contributed by atoms with E-state index in [0.29, 0.717) is 29.4 Å². The van der Waals surface area contributed by atoms with Crippen LogP contribution in [0.5, 0.6) is 0 Å². The Kier molecular flexibility index (Phi) is 4.60. The van der Waals surface area contributed by atoms with Gasteiger partial charge in [-0.15, -0.1) is 0 Å². The Bertz CT molecular complexity index is 1020. The van der Waals surface area contributed by atoms with Crippen LogP contribution < -0.4 is 0 Å². The van der Waals surface area contributed by atoms with Crippen LogP contribution in [0.3, 0.4) is 0 Å². The van der Waals surface area contributed by atoms with Gasteiger partial charge >= 0.3 is 0 Å². The minimum Gasteiger partial charge on any atom is -0.298 e. The first kappa shape index (κ1) is 19.3. The van der Waals surface area contributed by atoms with Crippen molar-refractivity contribution < 1.29 is 14.0 Å². The highest BCUT2D eigenvalue weighted by Gasteiger charge is 2.61. The van der Waals surface area contributed by atoms with Gasteiger partial charge in [0.05, 0.1) is 10.0 Å². The van der Waals surface area contributed by atoms with Gasteiger partial charge in [-0.2, -0.15) is 0 Å². The molecule has 2 bridgehead atoms. The summed E-state index contributed by atoms with van der Waals surface area (Å²) in [5.74, 6) is -0.632. The molecule has 3 saturated carbocycles. The predicted molar refractivity (Wildman–Crippen MR) is 112 cm³/mol. The van der Waals surface area contributed by atoms with E-state index in [4.69, 9.17) is 23.2 Å². The molecule has 2 nitrogen and oxygen atoms in total. The fourth-order valence-electron chi connectivity index (χ4n) is 6.04. The highest BCUT2D eigenvalue weighted by atomic mass is 35.5. The Labute approximate surface area is 179 Å². The van der Waals surface area contributed by atoms with Gasteiger partial charge in [-0.3, -0.25) is 9.59 Å². The Hall–Kier alpha value is -1.71. The number of hydrogen-bond donors (Lipinski definition) is 0. The van der Waals surface area contributed by atoms with Gasteiger partial charge in [0, 0.05) is 17.4 Å². The van der Waals surface area contributed by atoms with Crippen molar-refractivity contribution in [1.82, 2.24) is 0 Å². The zero-order valence-electron chi connectivity index (χ0n) is 16.1. The molecule has 0 amide bonds. The molecule has 29 heavy (non-hydrogen) atoms. The van der Waals surface area contributed by atoms with E-state index >= 15 is 0 Å². The standard InChI is InChI=1S/C24H21Cl2FO2/c1-2-11-3-4-12(15-7-8-17(25)21(26)22(15)27)10-16(11)20-23(28)18-13-5-6-14(9-13)19(18)24(20)29/h3-4,7-8,10,13-14,18-20H,2,5-6,9H2,1H3/t13-,14+,18-,19+,20?. The summed E-state index contributed by atoms with van der Waals surface area (Å²) < 4.78 is 14.7. The molecular formula is C24H21Cl2FO2. The monoisotopic (exact) mass is 430 g/mol. The molecule has 0 aliphatic heterocycles. The summed E-state index contributed by atoms with van der Waals surface area (Å²) in [6, 6.07) is 8.67. The third-order valence-electron chi connectivity index (χ3n) is 7.33. The van der Waals surface area contributed by atoms with Gasteiger partial charge in [0.1, 0.15) is 5.92 Å². The van der Waals surface area contributed by atoms with E-state index in [2.05, 4.69) is 0 Å². The van der Waals surface area contributed by atoms with Crippen molar-refractivity contribution in [1.29, 1.82) is 0 Å². The maximum atomic E-state index is 14.7. The third kappa shape index (κ3) is 2.74. The fourth-order valence-corrected chi connectivity index (χ4v) is 6.35. The van der Waals surface area contributed by atoms with Crippen molar-refractivity contribution in [2.45, 2.75) is 38.5 Å². The van der Waals surface area contributed by atoms with E-state index in [0.717, 1.165) is 30.4 Å². The molecule has 0 aromatic heterocycles. The van der Waals surface area contributed by atoms with Crippen LogP contribution in [0, 0.1) is 29.5 Å². The van der Waals surface area contributed by atoms with Gasteiger partial charge in [-0.25, -0.2) is 4.39 Å². The molecule has 0 N–H and O–H groups in total. The van der Waals surface area contributed by atoms with Crippen molar-refractivity contribution >= 4 is 34.8 Å². The third-order valence-corrected chi connectivity index (χ3v) is 8.11. The average Bonchev–Trinajstić information content (AvgIpc) is 3.40. The topological polar surface area (TPSA) is 34.1 Å². The summed E-state index contributed by atoms with van der Waals surface area (Å²) in [6.45, 7) is 2.01. The molecule has 2 aromatic carbocycles. The maximum absolute atomic E-state index is 14.7. The summed E-state index contributed by atoms with van der Waals surface area (Å²) in [4.78, 5) is 26.7. The molecule has 0 radical (unpaired) electrons. The van der Waals surface area contributed by atoms with Crippen LogP contribution in [0.4, 0.5) is 4.39 Å². The lowest BCUT2D eigenvalue weighted by atomic mass is 9.81. The lowest BCUT2D eigenvalue weighted by Crippen LogP contribution is -2.24. The SMILES string of the molecule is CCc1ccc(-c2ccc(Cl)c(Cl)c2F)cc1C1C(=O)[C@@H]2[C@@H]3CC[C@@H](C3)[C@@H]2C1=O. The zero-order chi connectivity index (χ0) is 20.4. The van der Waals surface area contributed by atoms with Gasteiger partial charge in [0.2, 0.25) is 0 Å². The molecule has 3 aliphatic carbocycles. The molecule has 2 aromatic rings. The molecule has 5 heteroatoms. The lowest BCUT2D eigenvalue weighted by Gasteiger charge is -2.21. The highest BCUT2D eigenvalue weighted by Crippen LogP contribution is 2.59. The van der Waals surface area contributed by atoms with Crippen LogP contribution in [-0.4, -0.2) is 11.6 Å². The second-order valence-electron chi connectivity index (χ2n) is 8.61. The van der Waals surface area contributed by atoms with Crippen molar-refractivity contribution in [2.75, 3.05) is 0 Å². The largest absolute Gasteiger partial charge is 0.298 e. The van der Waals surface area contributed by atoms with E-state index in [9.17, 15) is 14.0 Å². The Balaban J connectivity index is 1.61. The summed E-state index contributed by atoms with van der Waals surface area (Å²) in [5, 5.41) is 0.0344. The van der Waals surface area contributed by atoms with Crippen molar-refractivity contribution in [3.05, 3.63) is 57.3 Å². The number of carbonyl (C=O) groups is 2. The summed E-state index contributed by atoms with van der Waals surface area (Å²) in [5.41, 5.74) is 2.63. The number of rotatable bonds is 3. The second-order valence-corrected chi connectivity index (χ2v) is 9.40.